The standard InChI is InChI=1S/C15H23N3O2/c1-4-6-14(16)15(20)17-10(2)12-7-5-8-13(9-12)18-11(3)19/h5,7-10,14H,4,6,16H2,1-3H3,(H,17,20)(H,18,19). The van der Waals surface area contributed by atoms with Crippen molar-refractivity contribution in [3.05, 3.63) is 29.8 Å². The Hall–Kier alpha value is -1.88. The van der Waals surface area contributed by atoms with Gasteiger partial charge < -0.3 is 16.4 Å². The molecule has 0 saturated carbocycles. The van der Waals surface area contributed by atoms with E-state index in [0.717, 1.165) is 12.0 Å². The summed E-state index contributed by atoms with van der Waals surface area (Å²) in [6.45, 7) is 5.35. The quantitative estimate of drug-likeness (QED) is 0.743. The topological polar surface area (TPSA) is 84.2 Å². The predicted octanol–water partition coefficient (Wildman–Crippen LogP) is 1.95. The van der Waals surface area contributed by atoms with E-state index in [9.17, 15) is 9.59 Å². The lowest BCUT2D eigenvalue weighted by Crippen LogP contribution is -2.41. The largest absolute Gasteiger partial charge is 0.348 e. The van der Waals surface area contributed by atoms with Gasteiger partial charge in [-0.3, -0.25) is 9.59 Å². The normalized spacial score (nSPS) is 13.4. The molecule has 5 heteroatoms. The number of benzene rings is 1. The summed E-state index contributed by atoms with van der Waals surface area (Å²) in [4.78, 5) is 22.9. The van der Waals surface area contributed by atoms with Gasteiger partial charge in [0, 0.05) is 12.6 Å². The predicted molar refractivity (Wildman–Crippen MR) is 80.2 cm³/mol. The second-order valence-electron chi connectivity index (χ2n) is 4.93. The molecule has 2 amide bonds. The second-order valence-corrected chi connectivity index (χ2v) is 4.93. The third-order valence-corrected chi connectivity index (χ3v) is 3.00. The van der Waals surface area contributed by atoms with Crippen molar-refractivity contribution in [1.82, 2.24) is 5.32 Å². The fourth-order valence-electron chi connectivity index (χ4n) is 1.93. The monoisotopic (exact) mass is 277 g/mol. The third kappa shape index (κ3) is 5.01. The minimum atomic E-state index is -0.471. The zero-order valence-electron chi connectivity index (χ0n) is 12.3. The number of amides is 2. The number of rotatable bonds is 6. The van der Waals surface area contributed by atoms with E-state index in [2.05, 4.69) is 10.6 Å². The first-order chi connectivity index (χ1) is 9.43. The van der Waals surface area contributed by atoms with Crippen LogP contribution in [-0.4, -0.2) is 17.9 Å². The van der Waals surface area contributed by atoms with Gasteiger partial charge in [-0.25, -0.2) is 0 Å². The Morgan fingerprint density at radius 2 is 2.05 bits per heavy atom. The van der Waals surface area contributed by atoms with Crippen molar-refractivity contribution in [3.8, 4) is 0 Å². The summed E-state index contributed by atoms with van der Waals surface area (Å²) >= 11 is 0. The molecule has 4 N–H and O–H groups in total. The molecule has 0 heterocycles. The van der Waals surface area contributed by atoms with Crippen LogP contribution in [0.1, 0.15) is 45.2 Å². The molecule has 2 unspecified atom stereocenters. The van der Waals surface area contributed by atoms with E-state index in [-0.39, 0.29) is 17.9 Å². The molecule has 2 atom stereocenters. The third-order valence-electron chi connectivity index (χ3n) is 3.00. The zero-order valence-corrected chi connectivity index (χ0v) is 12.3. The van der Waals surface area contributed by atoms with Crippen LogP contribution in [0, 0.1) is 0 Å². The van der Waals surface area contributed by atoms with Crippen LogP contribution in [0.3, 0.4) is 0 Å². The van der Waals surface area contributed by atoms with Gasteiger partial charge in [0.15, 0.2) is 0 Å². The highest BCUT2D eigenvalue weighted by atomic mass is 16.2. The molecular formula is C15H23N3O2. The molecule has 0 aliphatic rings. The molecule has 0 spiro atoms. The molecule has 0 fully saturated rings. The SMILES string of the molecule is CCCC(N)C(=O)NC(C)c1cccc(NC(C)=O)c1. The van der Waals surface area contributed by atoms with Crippen LogP contribution < -0.4 is 16.4 Å². The molecule has 0 aliphatic heterocycles. The maximum absolute atomic E-state index is 11.9. The van der Waals surface area contributed by atoms with Crippen LogP contribution in [0.5, 0.6) is 0 Å². The minimum Gasteiger partial charge on any atom is -0.348 e. The van der Waals surface area contributed by atoms with Gasteiger partial charge in [-0.05, 0) is 31.0 Å². The Kier molecular flexibility index (Phi) is 6.18. The molecule has 0 saturated heterocycles. The average Bonchev–Trinajstić information content (AvgIpc) is 2.38. The summed E-state index contributed by atoms with van der Waals surface area (Å²) in [6.07, 6.45) is 1.55. The van der Waals surface area contributed by atoms with Crippen molar-refractivity contribution >= 4 is 17.5 Å². The van der Waals surface area contributed by atoms with Gasteiger partial charge in [0.05, 0.1) is 12.1 Å². The van der Waals surface area contributed by atoms with E-state index in [1.165, 1.54) is 6.92 Å². The van der Waals surface area contributed by atoms with Gasteiger partial charge in [-0.2, -0.15) is 0 Å². The smallest absolute Gasteiger partial charge is 0.237 e. The number of hydrogen-bond acceptors (Lipinski definition) is 3. The Balaban J connectivity index is 2.69. The van der Waals surface area contributed by atoms with Crippen molar-refractivity contribution in [1.29, 1.82) is 0 Å². The Bertz CT molecular complexity index is 474. The van der Waals surface area contributed by atoms with Crippen LogP contribution in [0.15, 0.2) is 24.3 Å². The van der Waals surface area contributed by atoms with E-state index in [1.54, 1.807) is 0 Å². The van der Waals surface area contributed by atoms with Gasteiger partial charge in [0.2, 0.25) is 11.8 Å². The van der Waals surface area contributed by atoms with Crippen LogP contribution >= 0.6 is 0 Å². The molecule has 0 aromatic heterocycles. The summed E-state index contributed by atoms with van der Waals surface area (Å²) in [5.74, 6) is -0.270. The first-order valence-electron chi connectivity index (χ1n) is 6.87. The fourth-order valence-corrected chi connectivity index (χ4v) is 1.93. The molecule has 0 aliphatic carbocycles. The van der Waals surface area contributed by atoms with E-state index in [0.29, 0.717) is 12.1 Å². The van der Waals surface area contributed by atoms with Crippen LogP contribution in [-0.2, 0) is 9.59 Å². The van der Waals surface area contributed by atoms with Crippen LogP contribution in [0.4, 0.5) is 5.69 Å². The highest BCUT2D eigenvalue weighted by molar-refractivity contribution is 5.88. The molecule has 0 radical (unpaired) electrons. The lowest BCUT2D eigenvalue weighted by atomic mass is 10.1. The second kappa shape index (κ2) is 7.65. The van der Waals surface area contributed by atoms with Crippen molar-refractivity contribution in [3.63, 3.8) is 0 Å². The minimum absolute atomic E-state index is 0.121. The van der Waals surface area contributed by atoms with Crippen molar-refractivity contribution in [2.75, 3.05) is 5.32 Å². The van der Waals surface area contributed by atoms with Gasteiger partial charge in [0.25, 0.3) is 0 Å². The van der Waals surface area contributed by atoms with E-state index >= 15 is 0 Å². The summed E-state index contributed by atoms with van der Waals surface area (Å²) in [7, 11) is 0. The number of hydrogen-bond donors (Lipinski definition) is 3. The lowest BCUT2D eigenvalue weighted by Gasteiger charge is -2.18. The molecule has 1 aromatic rings. The van der Waals surface area contributed by atoms with Crippen LogP contribution in [0.25, 0.3) is 0 Å². The molecule has 1 aromatic carbocycles. The Morgan fingerprint density at radius 1 is 1.35 bits per heavy atom. The van der Waals surface area contributed by atoms with Crippen LogP contribution in [0.2, 0.25) is 0 Å². The average molecular weight is 277 g/mol. The fraction of sp³-hybridized carbons (Fsp3) is 0.467. The molecule has 110 valence electrons. The summed E-state index contributed by atoms with van der Waals surface area (Å²) in [5.41, 5.74) is 7.42. The molecule has 1 rings (SSSR count). The van der Waals surface area contributed by atoms with E-state index in [4.69, 9.17) is 5.73 Å². The molecule has 20 heavy (non-hydrogen) atoms. The number of carbonyl (C=O) groups excluding carboxylic acids is 2. The number of carbonyl (C=O) groups is 2. The number of anilines is 1. The van der Waals surface area contributed by atoms with E-state index in [1.807, 2.05) is 38.1 Å². The van der Waals surface area contributed by atoms with E-state index < -0.39 is 6.04 Å². The van der Waals surface area contributed by atoms with Gasteiger partial charge in [-0.15, -0.1) is 0 Å². The zero-order chi connectivity index (χ0) is 15.1. The van der Waals surface area contributed by atoms with Gasteiger partial charge in [-0.1, -0.05) is 25.5 Å². The molecule has 5 nitrogen and oxygen atoms in total. The van der Waals surface area contributed by atoms with Crippen molar-refractivity contribution in [2.45, 2.75) is 45.7 Å². The van der Waals surface area contributed by atoms with Gasteiger partial charge in [0.1, 0.15) is 0 Å². The first kappa shape index (κ1) is 16.2. The summed E-state index contributed by atoms with van der Waals surface area (Å²) in [6, 6.07) is 6.77. The first-order valence-corrected chi connectivity index (χ1v) is 6.87. The van der Waals surface area contributed by atoms with Crippen molar-refractivity contribution < 1.29 is 9.59 Å². The molecule has 0 bridgehead atoms. The number of nitrogens with one attached hydrogen (secondary N) is 2. The number of nitrogens with two attached hydrogens (primary N) is 1. The molecular weight excluding hydrogens is 254 g/mol. The van der Waals surface area contributed by atoms with Crippen molar-refractivity contribution in [2.24, 2.45) is 5.73 Å². The maximum Gasteiger partial charge on any atom is 0.237 e. The Morgan fingerprint density at radius 3 is 2.65 bits per heavy atom. The Labute approximate surface area is 119 Å². The van der Waals surface area contributed by atoms with Gasteiger partial charge >= 0.3 is 0 Å². The summed E-state index contributed by atoms with van der Waals surface area (Å²) in [5, 5.41) is 5.60. The lowest BCUT2D eigenvalue weighted by molar-refractivity contribution is -0.123. The highest BCUT2D eigenvalue weighted by Gasteiger charge is 2.15. The maximum atomic E-state index is 11.9. The summed E-state index contributed by atoms with van der Waals surface area (Å²) < 4.78 is 0. The highest BCUT2D eigenvalue weighted by Crippen LogP contribution is 2.17.